The number of carbonyl (C=O) groups is 1. The zero-order valence-corrected chi connectivity index (χ0v) is 24.5. The van der Waals surface area contributed by atoms with Gasteiger partial charge in [0.2, 0.25) is 5.51 Å². The molecule has 0 spiro atoms. The first kappa shape index (κ1) is 30.6. The van der Waals surface area contributed by atoms with Gasteiger partial charge < -0.3 is 15.4 Å². The molecule has 0 fully saturated rings. The number of para-hydroxylation sites is 1. The summed E-state index contributed by atoms with van der Waals surface area (Å²) in [7, 11) is 0. The number of thiazole rings is 1. The van der Waals surface area contributed by atoms with Crippen molar-refractivity contribution in [1.82, 2.24) is 0 Å². The Kier molecular flexibility index (Phi) is 13.8. The Bertz CT molecular complexity index is 1130. The Hall–Kier alpha value is -2.93. The fourth-order valence-electron chi connectivity index (χ4n) is 4.64. The number of benzene rings is 2. The fraction of sp³-hybridized carbons (Fsp3) is 0.500. The van der Waals surface area contributed by atoms with Gasteiger partial charge in [-0.2, -0.15) is 4.57 Å². The van der Waals surface area contributed by atoms with Crippen LogP contribution in [0.4, 0.5) is 20.6 Å². The van der Waals surface area contributed by atoms with E-state index in [2.05, 4.69) is 40.8 Å². The van der Waals surface area contributed by atoms with Crippen LogP contribution in [-0.4, -0.2) is 12.6 Å². The summed E-state index contributed by atoms with van der Waals surface area (Å²) in [5.74, 6) is -0.384. The third-order valence-corrected chi connectivity index (χ3v) is 7.58. The maximum atomic E-state index is 14.5. The van der Waals surface area contributed by atoms with E-state index in [0.29, 0.717) is 18.0 Å². The van der Waals surface area contributed by atoms with Gasteiger partial charge in [-0.05, 0) is 37.6 Å². The second-order valence-corrected chi connectivity index (χ2v) is 11.4. The number of aryl methyl sites for hydroxylation is 1. The molecule has 3 aromatic rings. The summed E-state index contributed by atoms with van der Waals surface area (Å²) in [6.45, 7) is 5.48. The maximum Gasteiger partial charge on any atom is 0.323 e. The average Bonchev–Trinajstić information content (AvgIpc) is 3.32. The number of urea groups is 1. The van der Waals surface area contributed by atoms with E-state index in [9.17, 15) is 9.18 Å². The van der Waals surface area contributed by atoms with Crippen molar-refractivity contribution >= 4 is 28.7 Å². The molecule has 2 N–H and O–H groups in total. The predicted molar refractivity (Wildman–Crippen MR) is 160 cm³/mol. The first-order valence-electron chi connectivity index (χ1n) is 14.6. The molecule has 3 rings (SSSR count). The van der Waals surface area contributed by atoms with Gasteiger partial charge >= 0.3 is 6.03 Å². The zero-order chi connectivity index (χ0) is 27.7. The molecule has 0 unspecified atom stereocenters. The van der Waals surface area contributed by atoms with E-state index in [-0.39, 0.29) is 5.75 Å². The Morgan fingerprint density at radius 1 is 0.897 bits per heavy atom. The topological polar surface area (TPSA) is 54.2 Å². The molecule has 39 heavy (non-hydrogen) atoms. The van der Waals surface area contributed by atoms with Crippen molar-refractivity contribution in [2.75, 3.05) is 17.2 Å². The molecule has 0 saturated heterocycles. The summed E-state index contributed by atoms with van der Waals surface area (Å²) >= 11 is 1.70. The van der Waals surface area contributed by atoms with Crippen LogP contribution in [0.25, 0.3) is 0 Å². The van der Waals surface area contributed by atoms with E-state index in [4.69, 9.17) is 4.74 Å². The molecular weight excluding hydrogens is 509 g/mol. The number of anilines is 2. The number of carbonyl (C=O) groups excluding carboxylic acids is 1. The minimum atomic E-state index is -0.475. The van der Waals surface area contributed by atoms with Crippen molar-refractivity contribution in [2.45, 2.75) is 97.4 Å². The molecule has 7 heteroatoms. The molecule has 1 heterocycles. The second-order valence-electron chi connectivity index (χ2n) is 10.3. The third kappa shape index (κ3) is 11.8. The van der Waals surface area contributed by atoms with E-state index in [1.165, 1.54) is 75.2 Å². The number of hydrogen-bond donors (Lipinski definition) is 2. The van der Waals surface area contributed by atoms with E-state index < -0.39 is 11.8 Å². The SMILES string of the molecule is CCCCCCCCCCCCCCOc1c(F)cccc1NC(=O)Nc1cccc(C[n+]2csc(C)c2)c1. The lowest BCUT2D eigenvalue weighted by Gasteiger charge is -2.14. The molecule has 0 saturated carbocycles. The molecule has 0 atom stereocenters. The van der Waals surface area contributed by atoms with Crippen molar-refractivity contribution in [2.24, 2.45) is 0 Å². The van der Waals surface area contributed by atoms with Crippen molar-refractivity contribution in [3.05, 3.63) is 70.4 Å². The number of unbranched alkanes of at least 4 members (excludes halogenated alkanes) is 11. The molecule has 212 valence electrons. The van der Waals surface area contributed by atoms with Crippen LogP contribution < -0.4 is 19.9 Å². The molecule has 0 aliphatic rings. The molecule has 0 aliphatic heterocycles. The van der Waals surface area contributed by atoms with Gasteiger partial charge in [-0.25, -0.2) is 9.18 Å². The van der Waals surface area contributed by atoms with Crippen LogP contribution in [0, 0.1) is 12.7 Å². The van der Waals surface area contributed by atoms with Gasteiger partial charge in [-0.15, -0.1) is 0 Å². The minimum Gasteiger partial charge on any atom is -0.488 e. The number of rotatable bonds is 18. The highest BCUT2D eigenvalue weighted by Gasteiger charge is 2.13. The number of aromatic nitrogens is 1. The number of ether oxygens (including phenoxy) is 1. The maximum absolute atomic E-state index is 14.5. The van der Waals surface area contributed by atoms with Crippen molar-refractivity contribution < 1.29 is 18.5 Å². The van der Waals surface area contributed by atoms with Crippen LogP contribution in [0.2, 0.25) is 0 Å². The van der Waals surface area contributed by atoms with Crippen molar-refractivity contribution in [3.8, 4) is 5.75 Å². The summed E-state index contributed by atoms with van der Waals surface area (Å²) in [6, 6.07) is 11.9. The number of amides is 2. The second kappa shape index (κ2) is 17.6. The number of halogens is 1. The largest absolute Gasteiger partial charge is 0.488 e. The monoisotopic (exact) mass is 554 g/mol. The van der Waals surface area contributed by atoms with Crippen LogP contribution in [0.15, 0.2) is 54.2 Å². The molecule has 0 radical (unpaired) electrons. The molecule has 5 nitrogen and oxygen atoms in total. The van der Waals surface area contributed by atoms with Crippen molar-refractivity contribution in [1.29, 1.82) is 0 Å². The molecule has 2 aromatic carbocycles. The van der Waals surface area contributed by atoms with Gasteiger partial charge in [0, 0.05) is 11.3 Å². The number of hydrogen-bond acceptors (Lipinski definition) is 3. The third-order valence-electron chi connectivity index (χ3n) is 6.73. The standard InChI is InChI=1S/C32H44FN3O2S/c1-3-4-5-6-7-8-9-10-11-12-13-14-21-38-31-29(33)19-16-20-30(31)35-32(37)34-28-18-15-17-27(22-28)24-36-23-26(2)39-25-36/h15-20,22-23,25H,3-14,21,24H2,1-2H3,(H-,34,35,37)/p+1. The van der Waals surface area contributed by atoms with Crippen molar-refractivity contribution in [3.63, 3.8) is 0 Å². The highest BCUT2D eigenvalue weighted by Crippen LogP contribution is 2.28. The molecule has 2 amide bonds. The van der Waals surface area contributed by atoms with Crippen LogP contribution in [0.3, 0.4) is 0 Å². The first-order chi connectivity index (χ1) is 19.0. The Morgan fingerprint density at radius 3 is 2.23 bits per heavy atom. The molecule has 0 aliphatic carbocycles. The van der Waals surface area contributed by atoms with E-state index in [0.717, 1.165) is 24.9 Å². The highest BCUT2D eigenvalue weighted by molar-refractivity contribution is 7.09. The average molecular weight is 555 g/mol. The summed E-state index contributed by atoms with van der Waals surface area (Å²) in [5, 5.41) is 5.60. The highest BCUT2D eigenvalue weighted by atomic mass is 32.1. The van der Waals surface area contributed by atoms with E-state index in [1.54, 1.807) is 23.5 Å². The number of nitrogens with zero attached hydrogens (tertiary/aromatic N) is 1. The van der Waals surface area contributed by atoms with Crippen LogP contribution >= 0.6 is 11.3 Å². The van der Waals surface area contributed by atoms with Crippen LogP contribution in [-0.2, 0) is 6.54 Å². The smallest absolute Gasteiger partial charge is 0.323 e. The summed E-state index contributed by atoms with van der Waals surface area (Å²) in [4.78, 5) is 13.9. The first-order valence-corrected chi connectivity index (χ1v) is 15.5. The predicted octanol–water partition coefficient (Wildman–Crippen LogP) is 9.26. The lowest BCUT2D eigenvalue weighted by Crippen LogP contribution is -2.30. The summed E-state index contributed by atoms with van der Waals surface area (Å²) < 4.78 is 22.4. The van der Waals surface area contributed by atoms with E-state index in [1.807, 2.05) is 24.3 Å². The van der Waals surface area contributed by atoms with E-state index >= 15 is 0 Å². The number of nitrogens with one attached hydrogen (secondary N) is 2. The normalized spacial score (nSPS) is 10.9. The minimum absolute atomic E-state index is 0.0914. The van der Waals surface area contributed by atoms with Gasteiger partial charge in [-0.3, -0.25) is 0 Å². The lowest BCUT2D eigenvalue weighted by atomic mass is 10.1. The molecule has 1 aromatic heterocycles. The van der Waals surface area contributed by atoms with Crippen LogP contribution in [0.5, 0.6) is 5.75 Å². The van der Waals surface area contributed by atoms with Crippen LogP contribution in [0.1, 0.15) is 94.4 Å². The van der Waals surface area contributed by atoms with Gasteiger partial charge in [0.15, 0.2) is 24.3 Å². The zero-order valence-electron chi connectivity index (χ0n) is 23.6. The quantitative estimate of drug-likeness (QED) is 0.122. The lowest BCUT2D eigenvalue weighted by molar-refractivity contribution is -0.683. The van der Waals surface area contributed by atoms with Gasteiger partial charge in [0.05, 0.1) is 17.2 Å². The van der Waals surface area contributed by atoms with Gasteiger partial charge in [0.1, 0.15) is 0 Å². The molecule has 0 bridgehead atoms. The summed E-state index contributed by atoms with van der Waals surface area (Å²) in [5.41, 5.74) is 4.15. The van der Waals surface area contributed by atoms with Gasteiger partial charge in [0.25, 0.3) is 0 Å². The Balaban J connectivity index is 1.37. The summed E-state index contributed by atoms with van der Waals surface area (Å²) in [6.07, 6.45) is 17.2. The van der Waals surface area contributed by atoms with Gasteiger partial charge in [-0.1, -0.05) is 107 Å². The molecular formula is C32H45FN3O2S+. The Labute approximate surface area is 237 Å². The fourth-order valence-corrected chi connectivity index (χ4v) is 5.28. The Morgan fingerprint density at radius 2 is 1.56 bits per heavy atom.